The lowest BCUT2D eigenvalue weighted by Gasteiger charge is -2.25. The lowest BCUT2D eigenvalue weighted by Crippen LogP contribution is -2.40. The first-order valence-electron chi connectivity index (χ1n) is 8.50. The monoisotopic (exact) mass is 369 g/mol. The van der Waals surface area contributed by atoms with Gasteiger partial charge in [-0.2, -0.15) is 0 Å². The summed E-state index contributed by atoms with van der Waals surface area (Å²) in [5.41, 5.74) is 2.98. The van der Waals surface area contributed by atoms with Gasteiger partial charge in [0.15, 0.2) is 0 Å². The van der Waals surface area contributed by atoms with E-state index in [1.54, 1.807) is 12.3 Å². The van der Waals surface area contributed by atoms with E-state index in [0.717, 1.165) is 23.4 Å². The van der Waals surface area contributed by atoms with Crippen LogP contribution in [-0.4, -0.2) is 27.4 Å². The first kappa shape index (κ1) is 16.9. The molecular weight excluding hydrogens is 350 g/mol. The van der Waals surface area contributed by atoms with Crippen LogP contribution in [-0.2, 0) is 11.2 Å². The number of thioether (sulfide) groups is 1. The number of aryl methyl sites for hydroxylation is 1. The fourth-order valence-corrected chi connectivity index (χ4v) is 4.00. The fraction of sp³-hybridized carbons (Fsp3) is 0.316. The minimum atomic E-state index is -0.331. The van der Waals surface area contributed by atoms with E-state index >= 15 is 0 Å². The largest absolute Gasteiger partial charge is 0.469 e. The lowest BCUT2D eigenvalue weighted by atomic mass is 10.1. The van der Waals surface area contributed by atoms with Crippen molar-refractivity contribution in [1.82, 2.24) is 10.2 Å². The van der Waals surface area contributed by atoms with Crippen LogP contribution in [0.15, 0.2) is 50.7 Å². The Morgan fingerprint density at radius 2 is 2.12 bits per heavy atom. The van der Waals surface area contributed by atoms with E-state index in [1.165, 1.54) is 17.3 Å². The smallest absolute Gasteiger partial charge is 0.277 e. The minimum absolute atomic E-state index is 0.0479. The zero-order chi connectivity index (χ0) is 18.3. The summed E-state index contributed by atoms with van der Waals surface area (Å²) in [6.07, 6.45) is 2.46. The summed E-state index contributed by atoms with van der Waals surface area (Å²) in [7, 11) is 0. The van der Waals surface area contributed by atoms with Gasteiger partial charge in [-0.15, -0.1) is 10.2 Å². The molecule has 0 fully saturated rings. The van der Waals surface area contributed by atoms with Crippen LogP contribution in [0.5, 0.6) is 0 Å². The van der Waals surface area contributed by atoms with E-state index in [-0.39, 0.29) is 17.2 Å². The van der Waals surface area contributed by atoms with Crippen molar-refractivity contribution in [2.45, 2.75) is 43.7 Å². The summed E-state index contributed by atoms with van der Waals surface area (Å²) in [4.78, 5) is 14.9. The zero-order valence-electron chi connectivity index (χ0n) is 14.8. The molecule has 0 radical (unpaired) electrons. The molecule has 0 unspecified atom stereocenters. The lowest BCUT2D eigenvalue weighted by molar-refractivity contribution is -0.118. The van der Waals surface area contributed by atoms with Crippen molar-refractivity contribution in [2.75, 3.05) is 4.90 Å². The second-order valence-corrected chi connectivity index (χ2v) is 7.71. The number of aromatic nitrogens is 2. The third kappa shape index (κ3) is 2.92. The molecule has 1 amide bonds. The highest BCUT2D eigenvalue weighted by atomic mass is 32.2. The molecular formula is C19H19N3O3S. The second-order valence-electron chi connectivity index (χ2n) is 6.41. The third-order valence-corrected chi connectivity index (χ3v) is 5.49. The van der Waals surface area contributed by atoms with Crippen molar-refractivity contribution in [3.63, 3.8) is 0 Å². The Kier molecular flexibility index (Phi) is 4.32. The molecule has 3 aromatic rings. The van der Waals surface area contributed by atoms with Gasteiger partial charge in [-0.3, -0.25) is 4.79 Å². The van der Waals surface area contributed by atoms with Crippen LogP contribution in [0, 0.1) is 6.92 Å². The molecule has 0 saturated heterocycles. The van der Waals surface area contributed by atoms with Gasteiger partial charge in [-0.1, -0.05) is 30.0 Å². The highest BCUT2D eigenvalue weighted by molar-refractivity contribution is 8.00. The van der Waals surface area contributed by atoms with E-state index in [2.05, 4.69) is 23.2 Å². The number of furan rings is 1. The van der Waals surface area contributed by atoms with Crippen molar-refractivity contribution in [3.8, 4) is 11.5 Å². The van der Waals surface area contributed by atoms with Crippen LogP contribution in [0.1, 0.15) is 25.2 Å². The van der Waals surface area contributed by atoms with Gasteiger partial charge in [-0.05, 0) is 44.9 Å². The average molecular weight is 369 g/mol. The maximum Gasteiger partial charge on any atom is 0.277 e. The molecule has 6 nitrogen and oxygen atoms in total. The molecule has 1 aliphatic rings. The molecule has 0 spiro atoms. The normalized spacial score (nSPS) is 17.3. The SMILES string of the molecule is Cc1occc1-c1nnc(S[C@H](C)C(=O)N2c3ccccc3C[C@@H]2C)o1. The van der Waals surface area contributed by atoms with Gasteiger partial charge in [0.05, 0.1) is 17.1 Å². The number of nitrogens with zero attached hydrogens (tertiary/aromatic N) is 3. The first-order valence-corrected chi connectivity index (χ1v) is 9.38. The number of carbonyl (C=O) groups excluding carboxylic acids is 1. The van der Waals surface area contributed by atoms with Crippen molar-refractivity contribution >= 4 is 23.4 Å². The average Bonchev–Trinajstić information content (AvgIpc) is 3.32. The summed E-state index contributed by atoms with van der Waals surface area (Å²) >= 11 is 1.28. The van der Waals surface area contributed by atoms with Gasteiger partial charge < -0.3 is 13.7 Å². The number of amides is 1. The van der Waals surface area contributed by atoms with Crippen molar-refractivity contribution in [3.05, 3.63) is 47.9 Å². The Hall–Kier alpha value is -2.54. The van der Waals surface area contributed by atoms with Gasteiger partial charge in [0.1, 0.15) is 5.76 Å². The quantitative estimate of drug-likeness (QED) is 0.645. The van der Waals surface area contributed by atoms with Gasteiger partial charge in [0.25, 0.3) is 11.1 Å². The number of hydrogen-bond donors (Lipinski definition) is 0. The number of fused-ring (bicyclic) bond motifs is 1. The Balaban J connectivity index is 1.50. The predicted octanol–water partition coefficient (Wildman–Crippen LogP) is 4.10. The maximum absolute atomic E-state index is 13.0. The second kappa shape index (κ2) is 6.64. The standard InChI is InChI=1S/C19H19N3O3S/c1-11-10-14-6-4-5-7-16(14)22(11)18(23)13(3)26-19-21-20-17(25-19)15-8-9-24-12(15)2/h4-9,11,13H,10H2,1-3H3/t11-,13+/m0/s1. The molecule has 0 saturated carbocycles. The molecule has 7 heteroatoms. The van der Waals surface area contributed by atoms with Crippen molar-refractivity contribution in [2.24, 2.45) is 0 Å². The molecule has 2 atom stereocenters. The third-order valence-electron chi connectivity index (χ3n) is 4.57. The van der Waals surface area contributed by atoms with Crippen molar-refractivity contribution in [1.29, 1.82) is 0 Å². The highest BCUT2D eigenvalue weighted by Crippen LogP contribution is 2.35. The minimum Gasteiger partial charge on any atom is -0.469 e. The molecule has 1 aromatic carbocycles. The van der Waals surface area contributed by atoms with E-state index < -0.39 is 0 Å². The molecule has 3 heterocycles. The summed E-state index contributed by atoms with van der Waals surface area (Å²) in [5, 5.41) is 8.16. The van der Waals surface area contributed by atoms with Crippen LogP contribution in [0.3, 0.4) is 0 Å². The predicted molar refractivity (Wildman–Crippen MR) is 99.2 cm³/mol. The molecule has 4 rings (SSSR count). The Labute approximate surface area is 155 Å². The summed E-state index contributed by atoms with van der Waals surface area (Å²) < 4.78 is 11.0. The molecule has 2 aromatic heterocycles. The topological polar surface area (TPSA) is 72.4 Å². The Morgan fingerprint density at radius 3 is 2.88 bits per heavy atom. The molecule has 0 N–H and O–H groups in total. The molecule has 0 aliphatic carbocycles. The number of para-hydroxylation sites is 1. The van der Waals surface area contributed by atoms with Gasteiger partial charge >= 0.3 is 0 Å². The molecule has 1 aliphatic heterocycles. The number of hydrogen-bond acceptors (Lipinski definition) is 6. The number of anilines is 1. The van der Waals surface area contributed by atoms with Crippen LogP contribution in [0.4, 0.5) is 5.69 Å². The van der Waals surface area contributed by atoms with Gasteiger partial charge in [0, 0.05) is 11.7 Å². The van der Waals surface area contributed by atoms with E-state index in [0.29, 0.717) is 11.1 Å². The maximum atomic E-state index is 13.0. The van der Waals surface area contributed by atoms with E-state index in [4.69, 9.17) is 8.83 Å². The van der Waals surface area contributed by atoms with Gasteiger partial charge in [0.2, 0.25) is 5.91 Å². The highest BCUT2D eigenvalue weighted by Gasteiger charge is 2.34. The van der Waals surface area contributed by atoms with E-state index in [9.17, 15) is 4.79 Å². The van der Waals surface area contributed by atoms with Crippen LogP contribution in [0.25, 0.3) is 11.5 Å². The molecule has 134 valence electrons. The fourth-order valence-electron chi connectivity index (χ4n) is 3.27. The Bertz CT molecular complexity index is 949. The molecule has 26 heavy (non-hydrogen) atoms. The number of rotatable bonds is 4. The molecule has 0 bridgehead atoms. The summed E-state index contributed by atoms with van der Waals surface area (Å²) in [5.74, 6) is 1.17. The van der Waals surface area contributed by atoms with Gasteiger partial charge in [-0.25, -0.2) is 0 Å². The first-order chi connectivity index (χ1) is 12.5. The van der Waals surface area contributed by atoms with Crippen molar-refractivity contribution < 1.29 is 13.6 Å². The van der Waals surface area contributed by atoms with Crippen LogP contribution < -0.4 is 4.90 Å². The Morgan fingerprint density at radius 1 is 1.31 bits per heavy atom. The summed E-state index contributed by atoms with van der Waals surface area (Å²) in [6, 6.07) is 9.99. The summed E-state index contributed by atoms with van der Waals surface area (Å²) in [6.45, 7) is 5.78. The number of benzene rings is 1. The zero-order valence-corrected chi connectivity index (χ0v) is 15.6. The van der Waals surface area contributed by atoms with Crippen LogP contribution in [0.2, 0.25) is 0 Å². The van der Waals surface area contributed by atoms with Crippen LogP contribution >= 0.6 is 11.8 Å². The van der Waals surface area contributed by atoms with E-state index in [1.807, 2.05) is 36.9 Å². The number of carbonyl (C=O) groups is 1.